The number of esters is 1. The highest BCUT2D eigenvalue weighted by Crippen LogP contribution is 2.19. The number of sulfonamides is 1. The zero-order valence-electron chi connectivity index (χ0n) is 17.4. The van der Waals surface area contributed by atoms with Crippen molar-refractivity contribution in [3.8, 4) is 0 Å². The van der Waals surface area contributed by atoms with Gasteiger partial charge < -0.3 is 15.0 Å². The number of rotatable bonds is 8. The molecule has 1 aromatic carbocycles. The summed E-state index contributed by atoms with van der Waals surface area (Å²) in [6.07, 6.45) is 1.33. The number of aliphatic imine (C=N–C) groups is 1. The number of benzene rings is 1. The van der Waals surface area contributed by atoms with Gasteiger partial charge in [-0.25, -0.2) is 13.1 Å². The quantitative estimate of drug-likeness (QED) is 0.0909. The predicted octanol–water partition coefficient (Wildman–Crippen LogP) is 1.34. The van der Waals surface area contributed by atoms with Gasteiger partial charge in [-0.1, -0.05) is 6.07 Å². The molecular formula is C18H28IN5O6S. The minimum absolute atomic E-state index is 0. The van der Waals surface area contributed by atoms with Gasteiger partial charge in [0.25, 0.3) is 5.69 Å². The number of carbonyl (C=O) groups is 1. The smallest absolute Gasteiger partial charge is 0.308 e. The maximum atomic E-state index is 12.4. The molecular weight excluding hydrogens is 541 g/mol. The van der Waals surface area contributed by atoms with E-state index in [1.54, 1.807) is 0 Å². The first-order valence-corrected chi connectivity index (χ1v) is 11.1. The van der Waals surface area contributed by atoms with Crippen molar-refractivity contribution >= 4 is 51.6 Å². The summed E-state index contributed by atoms with van der Waals surface area (Å²) < 4.78 is 31.9. The Hall–Kier alpha value is -2.00. The molecule has 11 nitrogen and oxygen atoms in total. The van der Waals surface area contributed by atoms with Crippen molar-refractivity contribution in [2.75, 3.05) is 39.8 Å². The zero-order chi connectivity index (χ0) is 22.1. The molecule has 1 aliphatic rings. The number of nitro groups is 1. The van der Waals surface area contributed by atoms with Crippen LogP contribution in [0.4, 0.5) is 5.69 Å². The lowest BCUT2D eigenvalue weighted by Gasteiger charge is -2.33. The Balaban J connectivity index is 0.00000480. The van der Waals surface area contributed by atoms with Crippen molar-refractivity contribution in [2.24, 2.45) is 10.9 Å². The molecule has 0 atom stereocenters. The molecule has 0 saturated carbocycles. The fourth-order valence-electron chi connectivity index (χ4n) is 3.11. The Morgan fingerprint density at radius 2 is 2.03 bits per heavy atom. The maximum absolute atomic E-state index is 12.4. The summed E-state index contributed by atoms with van der Waals surface area (Å²) in [6, 6.07) is 4.87. The first kappa shape index (κ1) is 27.0. The molecule has 1 heterocycles. The Morgan fingerprint density at radius 1 is 1.35 bits per heavy atom. The summed E-state index contributed by atoms with van der Waals surface area (Å²) in [5.41, 5.74) is -0.291. The third-order valence-corrected chi connectivity index (χ3v) is 6.13. The topological polar surface area (TPSA) is 143 Å². The molecule has 2 rings (SSSR count). The molecule has 0 spiro atoms. The van der Waals surface area contributed by atoms with Crippen LogP contribution in [0.3, 0.4) is 0 Å². The van der Waals surface area contributed by atoms with E-state index in [0.717, 1.165) is 6.07 Å². The van der Waals surface area contributed by atoms with E-state index >= 15 is 0 Å². The van der Waals surface area contributed by atoms with Crippen molar-refractivity contribution in [1.82, 2.24) is 14.9 Å². The Bertz CT molecular complexity index is 887. The van der Waals surface area contributed by atoms with E-state index in [1.165, 1.54) is 25.3 Å². The number of methoxy groups -OCH3 is 1. The van der Waals surface area contributed by atoms with Crippen LogP contribution >= 0.6 is 24.0 Å². The lowest BCUT2D eigenvalue weighted by Crippen LogP contribution is -2.47. The Kier molecular flexibility index (Phi) is 11.1. The van der Waals surface area contributed by atoms with Crippen LogP contribution in [0, 0.1) is 16.0 Å². The molecule has 0 radical (unpaired) electrons. The number of carbonyl (C=O) groups excluding carboxylic acids is 1. The lowest BCUT2D eigenvalue weighted by atomic mass is 9.97. The third-order valence-electron chi connectivity index (χ3n) is 4.67. The molecule has 2 N–H and O–H groups in total. The van der Waals surface area contributed by atoms with Crippen molar-refractivity contribution < 1.29 is 22.9 Å². The summed E-state index contributed by atoms with van der Waals surface area (Å²) in [7, 11) is -2.50. The largest absolute Gasteiger partial charge is 0.469 e. The summed E-state index contributed by atoms with van der Waals surface area (Å²) in [4.78, 5) is 28.2. The minimum atomic E-state index is -3.88. The SMILES string of the molecule is CCNC(=NCCNS(=O)(=O)c1cccc([N+](=O)[O-])c1)N1CCC(C(=O)OC)CC1.I. The third kappa shape index (κ3) is 7.88. The van der Waals surface area contributed by atoms with Gasteiger partial charge in [-0.3, -0.25) is 19.9 Å². The monoisotopic (exact) mass is 569 g/mol. The molecule has 13 heteroatoms. The average molecular weight is 569 g/mol. The molecule has 0 aromatic heterocycles. The van der Waals surface area contributed by atoms with E-state index in [4.69, 9.17) is 4.74 Å². The molecule has 174 valence electrons. The number of piperidine rings is 1. The van der Waals surface area contributed by atoms with Crippen LogP contribution in [0.25, 0.3) is 0 Å². The summed E-state index contributed by atoms with van der Waals surface area (Å²) in [6.45, 7) is 4.10. The number of nitro benzene ring substituents is 1. The molecule has 0 aliphatic carbocycles. The first-order valence-electron chi connectivity index (χ1n) is 9.63. The van der Waals surface area contributed by atoms with Crippen molar-refractivity contribution in [1.29, 1.82) is 0 Å². The second-order valence-corrected chi connectivity index (χ2v) is 8.44. The molecule has 1 fully saturated rings. The van der Waals surface area contributed by atoms with Crippen LogP contribution in [-0.2, 0) is 19.6 Å². The summed E-state index contributed by atoms with van der Waals surface area (Å²) in [5, 5.41) is 14.0. The van der Waals surface area contributed by atoms with E-state index < -0.39 is 14.9 Å². The number of halogens is 1. The van der Waals surface area contributed by atoms with E-state index in [0.29, 0.717) is 38.4 Å². The van der Waals surface area contributed by atoms with Gasteiger partial charge in [-0.15, -0.1) is 24.0 Å². The van der Waals surface area contributed by atoms with Crippen LogP contribution < -0.4 is 10.0 Å². The van der Waals surface area contributed by atoms with E-state index in [9.17, 15) is 23.3 Å². The number of hydrogen-bond acceptors (Lipinski definition) is 7. The van der Waals surface area contributed by atoms with E-state index in [1.807, 2.05) is 11.8 Å². The second kappa shape index (κ2) is 12.8. The fourth-order valence-corrected chi connectivity index (χ4v) is 4.17. The molecule has 1 aromatic rings. The molecule has 31 heavy (non-hydrogen) atoms. The maximum Gasteiger partial charge on any atom is 0.308 e. The Morgan fingerprint density at radius 3 is 2.61 bits per heavy atom. The van der Waals surface area contributed by atoms with Gasteiger partial charge in [0.05, 0.1) is 29.4 Å². The molecule has 0 bridgehead atoms. The summed E-state index contributed by atoms with van der Waals surface area (Å²) >= 11 is 0. The highest BCUT2D eigenvalue weighted by molar-refractivity contribution is 14.0. The highest BCUT2D eigenvalue weighted by atomic mass is 127. The number of ether oxygens (including phenoxy) is 1. The van der Waals surface area contributed by atoms with Gasteiger partial charge in [0.2, 0.25) is 10.0 Å². The van der Waals surface area contributed by atoms with Crippen molar-refractivity contribution in [2.45, 2.75) is 24.7 Å². The second-order valence-electron chi connectivity index (χ2n) is 6.67. The lowest BCUT2D eigenvalue weighted by molar-refractivity contribution is -0.385. The number of nitrogens with one attached hydrogen (secondary N) is 2. The number of guanidine groups is 1. The molecule has 0 unspecified atom stereocenters. The molecule has 1 saturated heterocycles. The van der Waals surface area contributed by atoms with Crippen LogP contribution in [0.5, 0.6) is 0 Å². The standard InChI is InChI=1S/C18H27N5O6S.HI/c1-3-19-18(22-11-7-14(8-12-22)17(24)29-2)20-9-10-21-30(27,28)16-6-4-5-15(13-16)23(25)26;/h4-6,13-14,21H,3,7-12H2,1-2H3,(H,19,20);1H. The highest BCUT2D eigenvalue weighted by Gasteiger charge is 2.27. The van der Waals surface area contributed by atoms with Crippen LogP contribution in [-0.4, -0.2) is 70.0 Å². The van der Waals surface area contributed by atoms with Gasteiger partial charge >= 0.3 is 5.97 Å². The fraction of sp³-hybridized carbons (Fsp3) is 0.556. The Labute approximate surface area is 198 Å². The van der Waals surface area contributed by atoms with E-state index in [2.05, 4.69) is 15.0 Å². The number of non-ortho nitro benzene ring substituents is 1. The molecule has 1 aliphatic heterocycles. The van der Waals surface area contributed by atoms with Crippen molar-refractivity contribution in [3.63, 3.8) is 0 Å². The first-order chi connectivity index (χ1) is 14.3. The zero-order valence-corrected chi connectivity index (χ0v) is 20.6. The minimum Gasteiger partial charge on any atom is -0.469 e. The van der Waals surface area contributed by atoms with Gasteiger partial charge in [0.1, 0.15) is 0 Å². The van der Waals surface area contributed by atoms with Crippen molar-refractivity contribution in [3.05, 3.63) is 34.4 Å². The van der Waals surface area contributed by atoms with Gasteiger partial charge in [-0.05, 0) is 25.8 Å². The van der Waals surface area contributed by atoms with Gasteiger partial charge in [0.15, 0.2) is 5.96 Å². The number of hydrogen-bond donors (Lipinski definition) is 2. The number of nitrogens with zero attached hydrogens (tertiary/aromatic N) is 3. The van der Waals surface area contributed by atoms with E-state index in [-0.39, 0.29) is 59.5 Å². The van der Waals surface area contributed by atoms with Gasteiger partial charge in [-0.2, -0.15) is 0 Å². The number of likely N-dealkylation sites (tertiary alicyclic amines) is 1. The van der Waals surface area contributed by atoms with Crippen LogP contribution in [0.2, 0.25) is 0 Å². The van der Waals surface area contributed by atoms with Crippen LogP contribution in [0.15, 0.2) is 34.2 Å². The van der Waals surface area contributed by atoms with Crippen LogP contribution in [0.1, 0.15) is 19.8 Å². The summed E-state index contributed by atoms with van der Waals surface area (Å²) in [5.74, 6) is 0.332. The molecule has 0 amide bonds. The average Bonchev–Trinajstić information content (AvgIpc) is 2.75. The van der Waals surface area contributed by atoms with Gasteiger partial charge in [0, 0.05) is 38.3 Å². The predicted molar refractivity (Wildman–Crippen MR) is 126 cm³/mol. The normalized spacial score (nSPS) is 15.2.